The van der Waals surface area contributed by atoms with Crippen molar-refractivity contribution in [3.05, 3.63) is 0 Å². The van der Waals surface area contributed by atoms with E-state index < -0.39 is 17.4 Å². The summed E-state index contributed by atoms with van der Waals surface area (Å²) in [7, 11) is 0. The molecule has 2 rings (SSSR count). The zero-order chi connectivity index (χ0) is 18.1. The van der Waals surface area contributed by atoms with Crippen LogP contribution in [0.4, 0.5) is 4.79 Å². The zero-order valence-electron chi connectivity index (χ0n) is 14.8. The van der Waals surface area contributed by atoms with Crippen LogP contribution in [0.5, 0.6) is 0 Å². The monoisotopic (exact) mass is 355 g/mol. The van der Waals surface area contributed by atoms with Gasteiger partial charge >= 0.3 is 6.09 Å². The van der Waals surface area contributed by atoms with E-state index in [1.165, 1.54) is 0 Å². The van der Waals surface area contributed by atoms with Gasteiger partial charge in [0, 0.05) is 5.75 Å². The number of nitriles is 1. The topological polar surface area (TPSA) is 91.7 Å². The minimum atomic E-state index is -0.947. The maximum Gasteiger partial charge on any atom is 0.409 e. The van der Waals surface area contributed by atoms with Gasteiger partial charge in [-0.1, -0.05) is 0 Å². The van der Waals surface area contributed by atoms with Crippen LogP contribution in [0.25, 0.3) is 0 Å². The lowest BCUT2D eigenvalue weighted by atomic mass is 10.1. The highest BCUT2D eigenvalue weighted by Crippen LogP contribution is 2.40. The van der Waals surface area contributed by atoms with Crippen LogP contribution in [0.2, 0.25) is 0 Å². The molecule has 0 aromatic heterocycles. The normalized spacial score (nSPS) is 26.9. The fourth-order valence-electron chi connectivity index (χ4n) is 2.73. The molecule has 2 aliphatic rings. The predicted octanol–water partition coefficient (Wildman–Crippen LogP) is 2.08. The second-order valence-electron chi connectivity index (χ2n) is 7.56. The number of ether oxygens (including phenoxy) is 2. The number of hydrogen-bond donors (Lipinski definition) is 1. The summed E-state index contributed by atoms with van der Waals surface area (Å²) in [5.74, 6) is 0.356. The van der Waals surface area contributed by atoms with E-state index in [1.807, 2.05) is 0 Å². The first-order valence-corrected chi connectivity index (χ1v) is 9.06. The highest BCUT2D eigenvalue weighted by molar-refractivity contribution is 8.00. The molecule has 2 saturated heterocycles. The highest BCUT2D eigenvalue weighted by Gasteiger charge is 2.48. The van der Waals surface area contributed by atoms with Gasteiger partial charge in [-0.25, -0.2) is 4.79 Å². The van der Waals surface area contributed by atoms with E-state index in [9.17, 15) is 9.59 Å². The van der Waals surface area contributed by atoms with Gasteiger partial charge in [0.1, 0.15) is 17.4 Å². The number of carbonyl (C=O) groups is 2. The molecule has 2 amide bonds. The summed E-state index contributed by atoms with van der Waals surface area (Å²) in [5.41, 5.74) is -1.53. The van der Waals surface area contributed by atoms with Gasteiger partial charge in [0.2, 0.25) is 5.91 Å². The molecule has 134 valence electrons. The van der Waals surface area contributed by atoms with E-state index in [-0.39, 0.29) is 29.8 Å². The van der Waals surface area contributed by atoms with Gasteiger partial charge in [0.15, 0.2) is 0 Å². The van der Waals surface area contributed by atoms with Crippen molar-refractivity contribution in [3.8, 4) is 6.07 Å². The molecule has 2 aliphatic heterocycles. The first-order valence-electron chi connectivity index (χ1n) is 8.01. The first-order chi connectivity index (χ1) is 11.0. The van der Waals surface area contributed by atoms with Crippen molar-refractivity contribution in [3.63, 3.8) is 0 Å². The molecular weight excluding hydrogens is 330 g/mol. The SMILES string of the molecule is CC(C)(C)OC(=O)NC(C)(C)OCC1CC2SCC(C#N)N2C1=O. The van der Waals surface area contributed by atoms with Gasteiger partial charge < -0.3 is 14.4 Å². The standard InChI is InChI=1S/C16H25N3O4S/c1-15(2,3)23-14(21)18-16(4,5)22-8-10-6-12-19(13(10)20)11(7-17)9-24-12/h10-12H,6,8-9H2,1-5H3,(H,18,21). The van der Waals surface area contributed by atoms with Crippen LogP contribution in [0.1, 0.15) is 41.0 Å². The van der Waals surface area contributed by atoms with Crippen LogP contribution >= 0.6 is 11.8 Å². The number of carbonyl (C=O) groups excluding carboxylic acids is 2. The molecule has 2 heterocycles. The Bertz CT molecular complexity index is 553. The Hall–Kier alpha value is -1.46. The quantitative estimate of drug-likeness (QED) is 0.776. The van der Waals surface area contributed by atoms with E-state index in [1.54, 1.807) is 51.3 Å². The van der Waals surface area contributed by atoms with E-state index in [0.29, 0.717) is 12.2 Å². The van der Waals surface area contributed by atoms with Crippen LogP contribution in [-0.2, 0) is 14.3 Å². The molecule has 0 bridgehead atoms. The van der Waals surface area contributed by atoms with Gasteiger partial charge in [0.25, 0.3) is 0 Å². The molecule has 8 heteroatoms. The molecule has 1 N–H and O–H groups in total. The smallest absolute Gasteiger partial charge is 0.409 e. The third-order valence-corrected chi connectivity index (χ3v) is 5.09. The Balaban J connectivity index is 1.86. The Labute approximate surface area is 147 Å². The third kappa shape index (κ3) is 4.54. The Morgan fingerprint density at radius 1 is 1.42 bits per heavy atom. The number of alkyl carbamates (subject to hydrolysis) is 1. The summed E-state index contributed by atoms with van der Waals surface area (Å²) in [6.07, 6.45) is 0.107. The Morgan fingerprint density at radius 3 is 2.67 bits per heavy atom. The van der Waals surface area contributed by atoms with Crippen molar-refractivity contribution in [2.45, 2.75) is 63.8 Å². The molecule has 2 fully saturated rings. The van der Waals surface area contributed by atoms with Crippen molar-refractivity contribution >= 4 is 23.8 Å². The maximum atomic E-state index is 12.5. The molecule has 0 saturated carbocycles. The summed E-state index contributed by atoms with van der Waals surface area (Å²) in [4.78, 5) is 26.0. The van der Waals surface area contributed by atoms with Crippen LogP contribution < -0.4 is 5.32 Å². The van der Waals surface area contributed by atoms with Gasteiger partial charge in [-0.2, -0.15) is 5.26 Å². The van der Waals surface area contributed by atoms with Crippen LogP contribution in [0, 0.1) is 17.2 Å². The summed E-state index contributed by atoms with van der Waals surface area (Å²) in [6, 6.07) is 1.83. The molecule has 24 heavy (non-hydrogen) atoms. The predicted molar refractivity (Wildman–Crippen MR) is 90.0 cm³/mol. The first kappa shape index (κ1) is 18.9. The highest BCUT2D eigenvalue weighted by atomic mass is 32.2. The molecule has 0 spiro atoms. The number of thioether (sulfide) groups is 1. The molecule has 0 aromatic carbocycles. The Kier molecular flexibility index (Phi) is 5.35. The minimum absolute atomic E-state index is 0.0374. The lowest BCUT2D eigenvalue weighted by Crippen LogP contribution is -2.48. The molecular formula is C16H25N3O4S. The van der Waals surface area contributed by atoms with E-state index in [0.717, 1.165) is 0 Å². The molecule has 0 radical (unpaired) electrons. The second-order valence-corrected chi connectivity index (χ2v) is 8.77. The molecule has 3 atom stereocenters. The maximum absolute atomic E-state index is 12.5. The number of nitrogens with zero attached hydrogens (tertiary/aromatic N) is 2. The summed E-state index contributed by atoms with van der Waals surface area (Å²) in [5, 5.41) is 11.8. The van der Waals surface area contributed by atoms with Crippen molar-refractivity contribution in [1.82, 2.24) is 10.2 Å². The number of rotatable bonds is 4. The number of hydrogen-bond acceptors (Lipinski definition) is 6. The van der Waals surface area contributed by atoms with Gasteiger partial charge in [0.05, 0.1) is 24.0 Å². The van der Waals surface area contributed by atoms with Gasteiger partial charge in [-0.3, -0.25) is 10.1 Å². The van der Waals surface area contributed by atoms with Gasteiger partial charge in [-0.05, 0) is 41.0 Å². The van der Waals surface area contributed by atoms with Crippen LogP contribution in [-0.4, -0.2) is 52.0 Å². The van der Waals surface area contributed by atoms with E-state index >= 15 is 0 Å². The van der Waals surface area contributed by atoms with Crippen molar-refractivity contribution < 1.29 is 19.1 Å². The molecule has 3 unspecified atom stereocenters. The van der Waals surface area contributed by atoms with Gasteiger partial charge in [-0.15, -0.1) is 11.8 Å². The van der Waals surface area contributed by atoms with E-state index in [2.05, 4.69) is 11.4 Å². The van der Waals surface area contributed by atoms with E-state index in [4.69, 9.17) is 14.7 Å². The average Bonchev–Trinajstić information content (AvgIpc) is 2.94. The zero-order valence-corrected chi connectivity index (χ0v) is 15.6. The third-order valence-electron chi connectivity index (χ3n) is 3.78. The fourth-order valence-corrected chi connectivity index (χ4v) is 4.15. The van der Waals surface area contributed by atoms with Crippen molar-refractivity contribution in [2.24, 2.45) is 5.92 Å². The second kappa shape index (κ2) is 6.81. The average molecular weight is 355 g/mol. The number of fused-ring (bicyclic) bond motifs is 1. The van der Waals surface area contributed by atoms with Crippen molar-refractivity contribution in [2.75, 3.05) is 12.4 Å². The lowest BCUT2D eigenvalue weighted by Gasteiger charge is -2.29. The summed E-state index contributed by atoms with van der Waals surface area (Å²) < 4.78 is 11.0. The lowest BCUT2D eigenvalue weighted by molar-refractivity contribution is -0.135. The summed E-state index contributed by atoms with van der Waals surface area (Å²) >= 11 is 1.64. The molecule has 7 nitrogen and oxygen atoms in total. The van der Waals surface area contributed by atoms with Crippen molar-refractivity contribution in [1.29, 1.82) is 5.26 Å². The fraction of sp³-hybridized carbons (Fsp3) is 0.812. The number of nitrogens with one attached hydrogen (secondary N) is 1. The Morgan fingerprint density at radius 2 is 2.08 bits per heavy atom. The molecule has 0 aromatic rings. The summed E-state index contributed by atoms with van der Waals surface area (Å²) in [6.45, 7) is 8.98. The molecule has 0 aliphatic carbocycles. The van der Waals surface area contributed by atoms with Crippen LogP contribution in [0.3, 0.4) is 0 Å². The minimum Gasteiger partial charge on any atom is -0.444 e. The largest absolute Gasteiger partial charge is 0.444 e. The number of amides is 2. The van der Waals surface area contributed by atoms with Crippen LogP contribution in [0.15, 0.2) is 0 Å².